The van der Waals surface area contributed by atoms with Gasteiger partial charge >= 0.3 is 35.2 Å². The molecule has 0 saturated carbocycles. The van der Waals surface area contributed by atoms with Gasteiger partial charge in [-0.25, -0.2) is 0 Å². The molecule has 0 aliphatic heterocycles. The van der Waals surface area contributed by atoms with Crippen molar-refractivity contribution in [2.24, 2.45) is 0 Å². The predicted octanol–water partition coefficient (Wildman–Crippen LogP) is 7.46. The summed E-state index contributed by atoms with van der Waals surface area (Å²) in [4.78, 5) is 0. The van der Waals surface area contributed by atoms with Crippen molar-refractivity contribution in [3.05, 3.63) is 0 Å². The lowest BCUT2D eigenvalue weighted by Gasteiger charge is -2.31. The summed E-state index contributed by atoms with van der Waals surface area (Å²) in [5, 5.41) is 0. The monoisotopic (exact) mass is 910 g/mol. The summed E-state index contributed by atoms with van der Waals surface area (Å²) in [5.74, 6) is 0. The second-order valence-corrected chi connectivity index (χ2v) is 23.5. The Morgan fingerprint density at radius 3 is 0.500 bits per heavy atom. The molecular formula is C38H86O16Si4. The summed E-state index contributed by atoms with van der Waals surface area (Å²) in [6.07, 6.45) is 0.721. The van der Waals surface area contributed by atoms with Crippen molar-refractivity contribution < 1.29 is 72.1 Å². The molecule has 0 aliphatic carbocycles. The van der Waals surface area contributed by atoms with Crippen LogP contribution in [0.15, 0.2) is 0 Å². The molecule has 0 radical (unpaired) electrons. The van der Waals surface area contributed by atoms with Gasteiger partial charge in [-0.05, 0) is 109 Å². The van der Waals surface area contributed by atoms with Gasteiger partial charge in [-0.3, -0.25) is 0 Å². The molecule has 0 N–H and O–H groups in total. The molecule has 0 rings (SSSR count). The van der Waals surface area contributed by atoms with Crippen LogP contribution in [-0.4, -0.2) is 154 Å². The van der Waals surface area contributed by atoms with E-state index in [-0.39, 0.29) is 0 Å². The van der Waals surface area contributed by atoms with Crippen LogP contribution in [-0.2, 0) is 72.1 Å². The van der Waals surface area contributed by atoms with Crippen molar-refractivity contribution >= 4 is 35.2 Å². The van der Waals surface area contributed by atoms with E-state index in [4.69, 9.17) is 72.1 Å². The molecule has 16 nitrogen and oxygen atoms in total. The highest BCUT2D eigenvalue weighted by Gasteiger charge is 2.43. The van der Waals surface area contributed by atoms with E-state index in [1.54, 1.807) is 0 Å². The fourth-order valence-electron chi connectivity index (χ4n) is 6.37. The van der Waals surface area contributed by atoms with Crippen LogP contribution in [0.3, 0.4) is 0 Å². The van der Waals surface area contributed by atoms with Gasteiger partial charge < -0.3 is 72.1 Å². The first-order valence-electron chi connectivity index (χ1n) is 22.2. The van der Waals surface area contributed by atoms with Crippen molar-refractivity contribution in [2.75, 3.05) is 106 Å². The van der Waals surface area contributed by atoms with Crippen LogP contribution in [0.1, 0.15) is 109 Å². The van der Waals surface area contributed by atoms with E-state index in [1.807, 2.05) is 83.1 Å². The van der Waals surface area contributed by atoms with Gasteiger partial charge in [-0.15, -0.1) is 0 Å². The molecular weight excluding hydrogens is 825 g/mol. The minimum absolute atomic E-state index is 0.329. The van der Waals surface area contributed by atoms with Crippen molar-refractivity contribution in [1.82, 2.24) is 0 Å². The molecule has 0 unspecified atom stereocenters. The highest BCUT2D eigenvalue weighted by Crippen LogP contribution is 2.24. The second kappa shape index (κ2) is 36.7. The Morgan fingerprint density at radius 2 is 0.379 bits per heavy atom. The molecule has 0 aromatic rings. The van der Waals surface area contributed by atoms with E-state index in [0.29, 0.717) is 156 Å². The third-order valence-corrected chi connectivity index (χ3v) is 20.8. The smallest absolute Gasteiger partial charge is 0.374 e. The van der Waals surface area contributed by atoms with E-state index in [9.17, 15) is 0 Å². The van der Waals surface area contributed by atoms with Crippen LogP contribution in [0.4, 0.5) is 0 Å². The minimum Gasteiger partial charge on any atom is -0.374 e. The van der Waals surface area contributed by atoms with Crippen LogP contribution >= 0.6 is 0 Å². The zero-order valence-corrected chi connectivity index (χ0v) is 42.7. The molecule has 58 heavy (non-hydrogen) atoms. The zero-order chi connectivity index (χ0) is 43.4. The molecule has 0 fully saturated rings. The van der Waals surface area contributed by atoms with Gasteiger partial charge in [0.05, 0.1) is 0 Å². The van der Waals surface area contributed by atoms with Crippen molar-refractivity contribution in [3.63, 3.8) is 0 Å². The van der Waals surface area contributed by atoms with E-state index >= 15 is 0 Å². The molecule has 0 atom stereocenters. The van der Waals surface area contributed by atoms with Gasteiger partial charge in [0.1, 0.15) is 0 Å². The Hall–Kier alpha value is 0.228. The maximum Gasteiger partial charge on any atom is 0.501 e. The summed E-state index contributed by atoms with van der Waals surface area (Å²) in [6.45, 7) is 30.7. The van der Waals surface area contributed by atoms with Crippen molar-refractivity contribution in [3.8, 4) is 0 Å². The lowest BCUT2D eigenvalue weighted by molar-refractivity contribution is -0.286. The Morgan fingerprint density at radius 1 is 0.241 bits per heavy atom. The third kappa shape index (κ3) is 24.2. The molecule has 20 heteroatoms. The summed E-state index contributed by atoms with van der Waals surface area (Å²) in [6, 6.07) is 2.35. The normalized spacial score (nSPS) is 13.1. The highest BCUT2D eigenvalue weighted by molar-refractivity contribution is 6.61. The average molecular weight is 911 g/mol. The van der Waals surface area contributed by atoms with E-state index in [2.05, 4.69) is 0 Å². The summed E-state index contributed by atoms with van der Waals surface area (Å²) in [5.41, 5.74) is 0. The van der Waals surface area contributed by atoms with Crippen LogP contribution in [0.5, 0.6) is 0 Å². The van der Waals surface area contributed by atoms with Gasteiger partial charge in [-0.1, -0.05) is 0 Å². The topological polar surface area (TPSA) is 148 Å². The van der Waals surface area contributed by atoms with Crippen LogP contribution in [0, 0.1) is 0 Å². The largest absolute Gasteiger partial charge is 0.501 e. The highest BCUT2D eigenvalue weighted by atomic mass is 28.4. The first kappa shape index (κ1) is 58.2. The maximum absolute atomic E-state index is 6.51. The quantitative estimate of drug-likeness (QED) is 0.0338. The van der Waals surface area contributed by atoms with Crippen LogP contribution in [0.25, 0.3) is 0 Å². The van der Waals surface area contributed by atoms with Gasteiger partial charge in [0.25, 0.3) is 0 Å². The van der Waals surface area contributed by atoms with Crippen LogP contribution in [0.2, 0.25) is 24.2 Å². The minimum atomic E-state index is -2.88. The van der Waals surface area contributed by atoms with Crippen molar-refractivity contribution in [1.29, 1.82) is 0 Å². The first-order valence-corrected chi connectivity index (χ1v) is 30.0. The Bertz CT molecular complexity index is 712. The number of hydrogen-bond acceptors (Lipinski definition) is 16. The van der Waals surface area contributed by atoms with Gasteiger partial charge in [0, 0.05) is 130 Å². The van der Waals surface area contributed by atoms with E-state index < -0.39 is 47.8 Å². The fraction of sp³-hybridized carbons (Fsp3) is 1.00. The Balaban J connectivity index is 6.40. The predicted molar refractivity (Wildman–Crippen MR) is 232 cm³/mol. The van der Waals surface area contributed by atoms with Crippen LogP contribution < -0.4 is 0 Å². The second-order valence-electron chi connectivity index (χ2n) is 12.6. The maximum atomic E-state index is 6.51. The first-order chi connectivity index (χ1) is 28.1. The lowest BCUT2D eigenvalue weighted by Crippen LogP contribution is -2.47. The Kier molecular flexibility index (Phi) is 36.8. The molecule has 0 heterocycles. The van der Waals surface area contributed by atoms with Crippen molar-refractivity contribution in [2.45, 2.75) is 146 Å². The molecule has 0 aromatic heterocycles. The molecule has 0 aromatic carbocycles. The summed E-state index contributed by atoms with van der Waals surface area (Å²) >= 11 is 0. The average Bonchev–Trinajstić information content (AvgIpc) is 3.18. The molecule has 0 amide bonds. The molecule has 0 saturated heterocycles. The van der Waals surface area contributed by atoms with E-state index in [1.165, 1.54) is 0 Å². The number of hydrogen-bond donors (Lipinski definition) is 0. The summed E-state index contributed by atoms with van der Waals surface area (Å²) in [7, 11) is -11.5. The number of rotatable bonds is 45. The van der Waals surface area contributed by atoms with Gasteiger partial charge in [-0.2, -0.15) is 0 Å². The van der Waals surface area contributed by atoms with Gasteiger partial charge in [0.2, 0.25) is 12.6 Å². The summed E-state index contributed by atoms with van der Waals surface area (Å²) < 4.78 is 99.2. The third-order valence-electron chi connectivity index (χ3n) is 8.23. The van der Waals surface area contributed by atoms with E-state index in [0.717, 1.165) is 0 Å². The number of ether oxygens (including phenoxy) is 4. The molecule has 0 spiro atoms. The fourth-order valence-corrected chi connectivity index (χ4v) is 16.7. The van der Waals surface area contributed by atoms with Gasteiger partial charge in [0.15, 0.2) is 0 Å². The standard InChI is InChI=1S/C38H86O16Si4/c1-13-43-55(44-14-2,45-15-3)33-25-29-39-37(40-30-26-34-56(46-16-4,47-17-5)48-18-6)38(41-31-27-35-57(49-19-7,50-20-8)51-21-9)42-32-28-36-58(52-22-10,53-23-11)54-24-12/h37-38H,13-36H2,1-12H3. The zero-order valence-electron chi connectivity index (χ0n) is 38.7. The molecule has 0 bridgehead atoms. The Labute approximate surface area is 357 Å². The molecule has 0 aliphatic rings. The lowest BCUT2D eigenvalue weighted by atomic mass is 10.4. The SMILES string of the molecule is CCO[Si](CCCOC(OCCC[Si](OCC)(OCC)OCC)C(OCCC[Si](OCC)(OCC)OCC)OCCC[Si](OCC)(OCC)OCC)(OCC)OCC. The molecule has 350 valence electrons.